The van der Waals surface area contributed by atoms with Crippen LogP contribution < -0.4 is 5.32 Å². The Bertz CT molecular complexity index is 617. The first-order chi connectivity index (χ1) is 12.5. The van der Waals surface area contributed by atoms with Crippen molar-refractivity contribution >= 4 is 23.3 Å². The standard InChI is InChI=1S/C21H29ClN2O2/c1-15(18-3-2-10-23-14-18)13-20(25)24-11-8-17(9-12-24)21(26)16-4-6-19(22)7-5-16/h4-7,15,17-18,23H,2-3,8-14H2,1H3. The van der Waals surface area contributed by atoms with Gasteiger partial charge < -0.3 is 10.2 Å². The summed E-state index contributed by atoms with van der Waals surface area (Å²) in [6.07, 6.45) is 4.57. The molecule has 3 rings (SSSR count). The number of ketones is 1. The summed E-state index contributed by atoms with van der Waals surface area (Å²) in [7, 11) is 0. The zero-order chi connectivity index (χ0) is 18.5. The molecule has 0 radical (unpaired) electrons. The maximum Gasteiger partial charge on any atom is 0.222 e. The Morgan fingerprint density at radius 3 is 2.50 bits per heavy atom. The Kier molecular flexibility index (Phi) is 6.71. The van der Waals surface area contributed by atoms with Crippen molar-refractivity contribution in [1.82, 2.24) is 10.2 Å². The molecule has 0 saturated carbocycles. The van der Waals surface area contributed by atoms with Crippen LogP contribution in [0.1, 0.15) is 49.4 Å². The number of hydrogen-bond acceptors (Lipinski definition) is 3. The summed E-state index contributed by atoms with van der Waals surface area (Å²) in [4.78, 5) is 27.2. The molecule has 2 unspecified atom stereocenters. The first-order valence-electron chi connectivity index (χ1n) is 9.83. The van der Waals surface area contributed by atoms with Gasteiger partial charge in [-0.15, -0.1) is 0 Å². The van der Waals surface area contributed by atoms with Crippen molar-refractivity contribution in [3.63, 3.8) is 0 Å². The molecule has 2 heterocycles. The highest BCUT2D eigenvalue weighted by Crippen LogP contribution is 2.26. The van der Waals surface area contributed by atoms with Crippen molar-refractivity contribution < 1.29 is 9.59 Å². The van der Waals surface area contributed by atoms with Gasteiger partial charge in [0.1, 0.15) is 0 Å². The van der Waals surface area contributed by atoms with Crippen LogP contribution >= 0.6 is 11.6 Å². The predicted octanol–water partition coefficient (Wildman–Crippen LogP) is 3.79. The van der Waals surface area contributed by atoms with Gasteiger partial charge in [-0.1, -0.05) is 18.5 Å². The second kappa shape index (κ2) is 9.01. The quantitative estimate of drug-likeness (QED) is 0.795. The van der Waals surface area contributed by atoms with Crippen LogP contribution in [0, 0.1) is 17.8 Å². The highest BCUT2D eigenvalue weighted by atomic mass is 35.5. The topological polar surface area (TPSA) is 49.4 Å². The number of hydrogen-bond donors (Lipinski definition) is 1. The molecule has 2 fully saturated rings. The van der Waals surface area contributed by atoms with Crippen LogP contribution in [-0.4, -0.2) is 42.8 Å². The number of amides is 1. The minimum atomic E-state index is 0.0141. The number of carbonyl (C=O) groups is 2. The Hall–Kier alpha value is -1.39. The monoisotopic (exact) mass is 376 g/mol. The van der Waals surface area contributed by atoms with Crippen LogP contribution in [0.3, 0.4) is 0 Å². The van der Waals surface area contributed by atoms with Crippen LogP contribution in [0.5, 0.6) is 0 Å². The van der Waals surface area contributed by atoms with Gasteiger partial charge in [0.2, 0.25) is 5.91 Å². The lowest BCUT2D eigenvalue weighted by Crippen LogP contribution is -2.42. The minimum Gasteiger partial charge on any atom is -0.343 e. The second-order valence-electron chi connectivity index (χ2n) is 7.81. The third-order valence-corrected chi connectivity index (χ3v) is 6.24. The van der Waals surface area contributed by atoms with Crippen molar-refractivity contribution in [3.05, 3.63) is 34.9 Å². The molecule has 2 aliphatic rings. The van der Waals surface area contributed by atoms with E-state index < -0.39 is 0 Å². The molecule has 1 amide bonds. The normalized spacial score (nSPS) is 22.8. The number of halogens is 1. The van der Waals surface area contributed by atoms with E-state index in [2.05, 4.69) is 12.2 Å². The lowest BCUT2D eigenvalue weighted by molar-refractivity contribution is -0.133. The fraction of sp³-hybridized carbons (Fsp3) is 0.619. The van der Waals surface area contributed by atoms with E-state index in [0.717, 1.165) is 31.5 Å². The van der Waals surface area contributed by atoms with E-state index >= 15 is 0 Å². The molecule has 2 atom stereocenters. The molecule has 26 heavy (non-hydrogen) atoms. The maximum atomic E-state index is 12.6. The summed E-state index contributed by atoms with van der Waals surface area (Å²) in [5.41, 5.74) is 0.720. The van der Waals surface area contributed by atoms with Crippen molar-refractivity contribution in [2.75, 3.05) is 26.2 Å². The van der Waals surface area contributed by atoms with Gasteiger partial charge in [0.25, 0.3) is 0 Å². The van der Waals surface area contributed by atoms with Gasteiger partial charge in [-0.2, -0.15) is 0 Å². The number of Topliss-reactive ketones (excluding diaryl/α,β-unsaturated/α-hetero) is 1. The molecule has 0 aliphatic carbocycles. The van der Waals surface area contributed by atoms with E-state index in [1.54, 1.807) is 24.3 Å². The summed E-state index contributed by atoms with van der Waals surface area (Å²) >= 11 is 5.89. The smallest absolute Gasteiger partial charge is 0.222 e. The summed E-state index contributed by atoms with van der Waals surface area (Å²) in [5.74, 6) is 1.47. The number of rotatable bonds is 5. The third kappa shape index (κ3) is 4.86. The van der Waals surface area contributed by atoms with Crippen molar-refractivity contribution in [3.8, 4) is 0 Å². The lowest BCUT2D eigenvalue weighted by Gasteiger charge is -2.34. The summed E-state index contributed by atoms with van der Waals surface area (Å²) in [6.45, 7) is 5.72. The number of carbonyl (C=O) groups excluding carboxylic acids is 2. The fourth-order valence-electron chi connectivity index (χ4n) is 4.18. The van der Waals surface area contributed by atoms with E-state index in [1.165, 1.54) is 12.8 Å². The molecule has 2 saturated heterocycles. The van der Waals surface area contributed by atoms with E-state index in [-0.39, 0.29) is 17.6 Å². The largest absolute Gasteiger partial charge is 0.343 e. The molecule has 5 heteroatoms. The summed E-state index contributed by atoms with van der Waals surface area (Å²) in [5, 5.41) is 4.08. The van der Waals surface area contributed by atoms with Crippen LogP contribution in [0.15, 0.2) is 24.3 Å². The van der Waals surface area contributed by atoms with E-state index in [1.807, 2.05) is 4.90 Å². The average molecular weight is 377 g/mol. The molecule has 2 aliphatic heterocycles. The first kappa shape index (κ1) is 19.4. The van der Waals surface area contributed by atoms with Crippen molar-refractivity contribution in [2.24, 2.45) is 17.8 Å². The van der Waals surface area contributed by atoms with Crippen LogP contribution in [-0.2, 0) is 4.79 Å². The molecule has 1 N–H and O–H groups in total. The number of piperidine rings is 2. The molecule has 0 aromatic heterocycles. The summed E-state index contributed by atoms with van der Waals surface area (Å²) in [6, 6.07) is 7.11. The third-order valence-electron chi connectivity index (χ3n) is 5.98. The molecular formula is C21H29ClN2O2. The Labute approximate surface area is 161 Å². The Balaban J connectivity index is 1.47. The second-order valence-corrected chi connectivity index (χ2v) is 8.25. The highest BCUT2D eigenvalue weighted by molar-refractivity contribution is 6.30. The van der Waals surface area contributed by atoms with Crippen LogP contribution in [0.25, 0.3) is 0 Å². The lowest BCUT2D eigenvalue weighted by atomic mass is 9.84. The molecule has 0 spiro atoms. The Morgan fingerprint density at radius 1 is 1.19 bits per heavy atom. The SMILES string of the molecule is CC(CC(=O)N1CCC(C(=O)c2ccc(Cl)cc2)CC1)C1CCCNC1. The Morgan fingerprint density at radius 2 is 1.88 bits per heavy atom. The molecule has 0 bridgehead atoms. The maximum absolute atomic E-state index is 12.6. The number of nitrogens with zero attached hydrogens (tertiary/aromatic N) is 1. The van der Waals surface area contributed by atoms with Crippen molar-refractivity contribution in [1.29, 1.82) is 0 Å². The van der Waals surface area contributed by atoms with Crippen LogP contribution in [0.4, 0.5) is 0 Å². The van der Waals surface area contributed by atoms with Gasteiger partial charge in [-0.05, 0) is 74.9 Å². The molecule has 1 aromatic rings. The molecule has 1 aromatic carbocycles. The van der Waals surface area contributed by atoms with E-state index in [4.69, 9.17) is 11.6 Å². The van der Waals surface area contributed by atoms with Crippen LogP contribution in [0.2, 0.25) is 5.02 Å². The van der Waals surface area contributed by atoms with Gasteiger partial charge in [0.05, 0.1) is 0 Å². The minimum absolute atomic E-state index is 0.0141. The number of nitrogens with one attached hydrogen (secondary N) is 1. The molecule has 4 nitrogen and oxygen atoms in total. The predicted molar refractivity (Wildman–Crippen MR) is 104 cm³/mol. The van der Waals surface area contributed by atoms with E-state index in [9.17, 15) is 9.59 Å². The highest BCUT2D eigenvalue weighted by Gasteiger charge is 2.29. The van der Waals surface area contributed by atoms with E-state index in [0.29, 0.717) is 36.4 Å². The van der Waals surface area contributed by atoms with Gasteiger partial charge in [-0.3, -0.25) is 9.59 Å². The zero-order valence-electron chi connectivity index (χ0n) is 15.5. The number of likely N-dealkylation sites (tertiary alicyclic amines) is 1. The fourth-order valence-corrected chi connectivity index (χ4v) is 4.30. The number of benzene rings is 1. The average Bonchev–Trinajstić information content (AvgIpc) is 2.69. The van der Waals surface area contributed by atoms with Gasteiger partial charge >= 0.3 is 0 Å². The van der Waals surface area contributed by atoms with Gasteiger partial charge in [0, 0.05) is 36.0 Å². The summed E-state index contributed by atoms with van der Waals surface area (Å²) < 4.78 is 0. The first-order valence-corrected chi connectivity index (χ1v) is 10.2. The van der Waals surface area contributed by atoms with Gasteiger partial charge in [-0.25, -0.2) is 0 Å². The zero-order valence-corrected chi connectivity index (χ0v) is 16.3. The van der Waals surface area contributed by atoms with Gasteiger partial charge in [0.15, 0.2) is 5.78 Å². The van der Waals surface area contributed by atoms with Crippen molar-refractivity contribution in [2.45, 2.75) is 39.0 Å². The molecule has 142 valence electrons. The molecular weight excluding hydrogens is 348 g/mol.